The van der Waals surface area contributed by atoms with E-state index < -0.39 is 0 Å². The lowest BCUT2D eigenvalue weighted by Gasteiger charge is -2.06. The van der Waals surface area contributed by atoms with Crippen LogP contribution in [0.25, 0.3) is 11.0 Å². The summed E-state index contributed by atoms with van der Waals surface area (Å²) in [4.78, 5) is 16.3. The number of hydrogen-bond acceptors (Lipinski definition) is 2. The molecule has 0 saturated carbocycles. The van der Waals surface area contributed by atoms with Gasteiger partial charge in [-0.2, -0.15) is 0 Å². The van der Waals surface area contributed by atoms with E-state index in [2.05, 4.69) is 10.3 Å². The third kappa shape index (κ3) is 3.28. The molecule has 3 aromatic rings. The zero-order valence-corrected chi connectivity index (χ0v) is 13.0. The van der Waals surface area contributed by atoms with Crippen LogP contribution in [0.4, 0.5) is 0 Å². The smallest absolute Gasteiger partial charge is 0.224 e. The second kappa shape index (κ2) is 6.20. The molecule has 0 fully saturated rings. The monoisotopic (exact) mass is 313 g/mol. The summed E-state index contributed by atoms with van der Waals surface area (Å²) in [6, 6.07) is 13.3. The van der Waals surface area contributed by atoms with E-state index in [1.54, 1.807) is 18.5 Å². The number of amides is 1. The molecule has 0 aliphatic rings. The normalized spacial score (nSPS) is 10.8. The number of rotatable bonds is 4. The van der Waals surface area contributed by atoms with Crippen molar-refractivity contribution in [2.75, 3.05) is 0 Å². The highest BCUT2D eigenvalue weighted by atomic mass is 35.5. The quantitative estimate of drug-likeness (QED) is 0.804. The average Bonchev–Trinajstić information content (AvgIpc) is 2.88. The Kier molecular flexibility index (Phi) is 4.11. The lowest BCUT2D eigenvalue weighted by atomic mass is 10.1. The zero-order chi connectivity index (χ0) is 15.5. The summed E-state index contributed by atoms with van der Waals surface area (Å²) in [5, 5.41) is 3.60. The van der Waals surface area contributed by atoms with Crippen LogP contribution in [0.2, 0.25) is 5.02 Å². The molecule has 1 N–H and O–H groups in total. The molecule has 5 heteroatoms. The molecule has 3 rings (SSSR count). The molecule has 0 saturated heterocycles. The van der Waals surface area contributed by atoms with Gasteiger partial charge in [0.25, 0.3) is 0 Å². The van der Waals surface area contributed by atoms with Crippen molar-refractivity contribution in [1.82, 2.24) is 14.9 Å². The predicted octanol–water partition coefficient (Wildman–Crippen LogP) is 3.09. The summed E-state index contributed by atoms with van der Waals surface area (Å²) in [5.74, 6) is -0.0107. The summed E-state index contributed by atoms with van der Waals surface area (Å²) in [7, 11) is 1.96. The molecule has 1 aromatic heterocycles. The third-order valence-corrected chi connectivity index (χ3v) is 3.81. The van der Waals surface area contributed by atoms with E-state index in [9.17, 15) is 4.79 Å². The van der Waals surface area contributed by atoms with Crippen LogP contribution in [0.1, 0.15) is 11.1 Å². The number of fused-ring (bicyclic) bond motifs is 1. The van der Waals surface area contributed by atoms with Gasteiger partial charge < -0.3 is 9.88 Å². The van der Waals surface area contributed by atoms with Crippen molar-refractivity contribution in [3.63, 3.8) is 0 Å². The Balaban J connectivity index is 1.60. The molecule has 0 spiro atoms. The number of aryl methyl sites for hydroxylation is 1. The first-order valence-corrected chi connectivity index (χ1v) is 7.41. The standard InChI is InChI=1S/C17H16ClN3O/c1-21-11-20-15-8-13(4-7-16(15)21)10-19-17(22)9-12-2-5-14(18)6-3-12/h2-8,11H,9-10H2,1H3,(H,19,22). The molecule has 22 heavy (non-hydrogen) atoms. The number of nitrogens with one attached hydrogen (secondary N) is 1. The lowest BCUT2D eigenvalue weighted by molar-refractivity contribution is -0.120. The summed E-state index contributed by atoms with van der Waals surface area (Å²) in [5.41, 5.74) is 4.00. The summed E-state index contributed by atoms with van der Waals surface area (Å²) < 4.78 is 1.97. The van der Waals surface area contributed by atoms with Crippen molar-refractivity contribution in [3.8, 4) is 0 Å². The maximum absolute atomic E-state index is 12.0. The number of hydrogen-bond donors (Lipinski definition) is 1. The van der Waals surface area contributed by atoms with Crippen LogP contribution in [0.3, 0.4) is 0 Å². The topological polar surface area (TPSA) is 46.9 Å². The van der Waals surface area contributed by atoms with Gasteiger partial charge in [0.15, 0.2) is 0 Å². The lowest BCUT2D eigenvalue weighted by Crippen LogP contribution is -2.24. The van der Waals surface area contributed by atoms with Crippen LogP contribution in [0.5, 0.6) is 0 Å². The third-order valence-electron chi connectivity index (χ3n) is 3.56. The van der Waals surface area contributed by atoms with Crippen molar-refractivity contribution in [2.45, 2.75) is 13.0 Å². The molecule has 4 nitrogen and oxygen atoms in total. The highest BCUT2D eigenvalue weighted by Crippen LogP contribution is 2.14. The van der Waals surface area contributed by atoms with Gasteiger partial charge in [0.1, 0.15) is 0 Å². The minimum absolute atomic E-state index is 0.0107. The van der Waals surface area contributed by atoms with Gasteiger partial charge in [-0.25, -0.2) is 4.98 Å². The van der Waals surface area contributed by atoms with Crippen LogP contribution in [-0.4, -0.2) is 15.5 Å². The number of carbonyl (C=O) groups excluding carboxylic acids is 1. The molecular formula is C17H16ClN3O. The van der Waals surface area contributed by atoms with E-state index in [0.717, 1.165) is 22.2 Å². The van der Waals surface area contributed by atoms with Gasteiger partial charge in [0.2, 0.25) is 5.91 Å². The molecule has 1 heterocycles. The van der Waals surface area contributed by atoms with Crippen molar-refractivity contribution >= 4 is 28.5 Å². The highest BCUT2D eigenvalue weighted by Gasteiger charge is 2.05. The Bertz CT molecular complexity index is 808. The average molecular weight is 314 g/mol. The fraction of sp³-hybridized carbons (Fsp3) is 0.176. The van der Waals surface area contributed by atoms with Gasteiger partial charge in [-0.3, -0.25) is 4.79 Å². The van der Waals surface area contributed by atoms with Crippen molar-refractivity contribution in [3.05, 3.63) is 64.9 Å². The maximum Gasteiger partial charge on any atom is 0.224 e. The van der Waals surface area contributed by atoms with Gasteiger partial charge in [-0.05, 0) is 35.4 Å². The fourth-order valence-electron chi connectivity index (χ4n) is 2.34. The van der Waals surface area contributed by atoms with E-state index in [1.165, 1.54) is 0 Å². The highest BCUT2D eigenvalue weighted by molar-refractivity contribution is 6.30. The molecule has 2 aromatic carbocycles. The molecule has 1 amide bonds. The summed E-state index contributed by atoms with van der Waals surface area (Å²) >= 11 is 5.83. The molecule has 112 valence electrons. The van der Waals surface area contributed by atoms with Crippen LogP contribution >= 0.6 is 11.6 Å². The summed E-state index contributed by atoms with van der Waals surface area (Å²) in [6.07, 6.45) is 2.14. The van der Waals surface area contributed by atoms with E-state index in [0.29, 0.717) is 18.0 Å². The second-order valence-corrected chi connectivity index (χ2v) is 5.69. The van der Waals surface area contributed by atoms with Crippen LogP contribution in [0.15, 0.2) is 48.8 Å². The number of benzene rings is 2. The Morgan fingerprint density at radius 1 is 1.18 bits per heavy atom. The molecule has 0 aliphatic heterocycles. The first kappa shape index (κ1) is 14.6. The Labute approximate surface area is 133 Å². The van der Waals surface area contributed by atoms with Crippen molar-refractivity contribution in [1.29, 1.82) is 0 Å². The van der Waals surface area contributed by atoms with E-state index in [4.69, 9.17) is 11.6 Å². The second-order valence-electron chi connectivity index (χ2n) is 5.26. The van der Waals surface area contributed by atoms with Crippen LogP contribution in [0, 0.1) is 0 Å². The number of halogens is 1. The van der Waals surface area contributed by atoms with Crippen LogP contribution < -0.4 is 5.32 Å². The van der Waals surface area contributed by atoms with Gasteiger partial charge >= 0.3 is 0 Å². The van der Waals surface area contributed by atoms with E-state index in [-0.39, 0.29) is 5.91 Å². The first-order chi connectivity index (χ1) is 10.6. The molecule has 0 radical (unpaired) electrons. The van der Waals surface area contributed by atoms with Gasteiger partial charge in [-0.15, -0.1) is 0 Å². The van der Waals surface area contributed by atoms with Gasteiger partial charge in [0, 0.05) is 18.6 Å². The minimum Gasteiger partial charge on any atom is -0.352 e. The molecule has 0 bridgehead atoms. The molecular weight excluding hydrogens is 298 g/mol. The molecule has 0 unspecified atom stereocenters. The summed E-state index contributed by atoms with van der Waals surface area (Å²) in [6.45, 7) is 0.499. The zero-order valence-electron chi connectivity index (χ0n) is 12.2. The first-order valence-electron chi connectivity index (χ1n) is 7.03. The minimum atomic E-state index is -0.0107. The van der Waals surface area contributed by atoms with Crippen molar-refractivity contribution in [2.24, 2.45) is 7.05 Å². The molecule has 0 atom stereocenters. The molecule has 0 aliphatic carbocycles. The maximum atomic E-state index is 12.0. The van der Waals surface area contributed by atoms with Crippen LogP contribution in [-0.2, 0) is 24.8 Å². The van der Waals surface area contributed by atoms with E-state index >= 15 is 0 Å². The SMILES string of the molecule is Cn1cnc2cc(CNC(=O)Cc3ccc(Cl)cc3)ccc21. The fourth-order valence-corrected chi connectivity index (χ4v) is 2.47. The van der Waals surface area contributed by atoms with Gasteiger partial charge in [-0.1, -0.05) is 29.8 Å². The number of nitrogens with zero attached hydrogens (tertiary/aromatic N) is 2. The number of aromatic nitrogens is 2. The largest absolute Gasteiger partial charge is 0.352 e. The van der Waals surface area contributed by atoms with E-state index in [1.807, 2.05) is 41.9 Å². The predicted molar refractivity (Wildman–Crippen MR) is 87.7 cm³/mol. The van der Waals surface area contributed by atoms with Gasteiger partial charge in [0.05, 0.1) is 23.8 Å². The van der Waals surface area contributed by atoms with Crippen molar-refractivity contribution < 1.29 is 4.79 Å². The Hall–Kier alpha value is -2.33. The Morgan fingerprint density at radius 2 is 1.91 bits per heavy atom. The number of imidazole rings is 1. The number of carbonyl (C=O) groups is 1. The Morgan fingerprint density at radius 3 is 2.68 bits per heavy atom.